The second-order valence-electron chi connectivity index (χ2n) is 7.86. The Kier molecular flexibility index (Phi) is 6.64. The molecule has 0 aliphatic carbocycles. The molecular formula is C24H28N2O4. The number of nitrogens with one attached hydrogen (secondary N) is 1. The largest absolute Gasteiger partial charge is 0.486 e. The normalized spacial score (nSPS) is 16.8. The van der Waals surface area contributed by atoms with Gasteiger partial charge in [-0.2, -0.15) is 0 Å². The quantitative estimate of drug-likeness (QED) is 0.714. The van der Waals surface area contributed by atoms with E-state index in [2.05, 4.69) is 10.2 Å². The Labute approximate surface area is 177 Å². The average molecular weight is 408 g/mol. The number of ketones is 1. The minimum Gasteiger partial charge on any atom is -0.486 e. The molecule has 2 heterocycles. The zero-order valence-electron chi connectivity index (χ0n) is 17.1. The highest BCUT2D eigenvalue weighted by Gasteiger charge is 2.26. The maximum absolute atomic E-state index is 12.6. The van der Waals surface area contributed by atoms with Gasteiger partial charge in [0.25, 0.3) is 0 Å². The number of hydrogen-bond donors (Lipinski definition) is 1. The molecule has 1 amide bonds. The van der Waals surface area contributed by atoms with Gasteiger partial charge in [-0.3, -0.25) is 14.5 Å². The van der Waals surface area contributed by atoms with E-state index >= 15 is 0 Å². The van der Waals surface area contributed by atoms with Crippen molar-refractivity contribution in [2.24, 2.45) is 5.92 Å². The molecule has 0 bridgehead atoms. The smallest absolute Gasteiger partial charge is 0.234 e. The van der Waals surface area contributed by atoms with E-state index in [9.17, 15) is 9.59 Å². The molecule has 2 aliphatic heterocycles. The first-order chi connectivity index (χ1) is 14.7. The SMILES string of the molecule is O=C(CN1CCC(C(=O)c2ccccc2)CC1)NCCc1ccc2c(c1)OCCO2. The van der Waals surface area contributed by atoms with Crippen LogP contribution in [-0.2, 0) is 11.2 Å². The van der Waals surface area contributed by atoms with Crippen LogP contribution in [0, 0.1) is 5.92 Å². The summed E-state index contributed by atoms with van der Waals surface area (Å²) in [5.41, 5.74) is 1.90. The number of amides is 1. The molecule has 0 radical (unpaired) electrons. The van der Waals surface area contributed by atoms with Gasteiger partial charge in [-0.1, -0.05) is 36.4 Å². The summed E-state index contributed by atoms with van der Waals surface area (Å²) < 4.78 is 11.1. The lowest BCUT2D eigenvalue weighted by Crippen LogP contribution is -2.43. The molecule has 0 spiro atoms. The lowest BCUT2D eigenvalue weighted by Gasteiger charge is -2.30. The first kappa shape index (κ1) is 20.4. The van der Waals surface area contributed by atoms with Crippen LogP contribution in [0.2, 0.25) is 0 Å². The molecule has 2 aromatic carbocycles. The van der Waals surface area contributed by atoms with Gasteiger partial charge in [-0.25, -0.2) is 0 Å². The van der Waals surface area contributed by atoms with Gasteiger partial charge in [-0.05, 0) is 50.0 Å². The summed E-state index contributed by atoms with van der Waals surface area (Å²) >= 11 is 0. The molecule has 2 aromatic rings. The highest BCUT2D eigenvalue weighted by atomic mass is 16.6. The Morgan fingerprint density at radius 3 is 2.47 bits per heavy atom. The molecule has 0 atom stereocenters. The predicted molar refractivity (Wildman–Crippen MR) is 114 cm³/mol. The van der Waals surface area contributed by atoms with Crippen molar-refractivity contribution < 1.29 is 19.1 Å². The number of likely N-dealkylation sites (tertiary alicyclic amines) is 1. The van der Waals surface area contributed by atoms with Crippen LogP contribution in [0.25, 0.3) is 0 Å². The molecule has 1 fully saturated rings. The molecule has 6 nitrogen and oxygen atoms in total. The van der Waals surface area contributed by atoms with Crippen LogP contribution in [0.1, 0.15) is 28.8 Å². The Balaban J connectivity index is 1.17. The minimum absolute atomic E-state index is 0.0281. The Hall–Kier alpha value is -2.86. The standard InChI is InChI=1S/C24H28N2O4/c27-23(25-11-8-18-6-7-21-22(16-18)30-15-14-29-21)17-26-12-9-20(10-13-26)24(28)19-4-2-1-3-5-19/h1-7,16,20H,8-15,17H2,(H,25,27). The Morgan fingerprint density at radius 1 is 0.967 bits per heavy atom. The van der Waals surface area contributed by atoms with Crippen molar-refractivity contribution >= 4 is 11.7 Å². The van der Waals surface area contributed by atoms with E-state index in [0.717, 1.165) is 55.0 Å². The molecule has 30 heavy (non-hydrogen) atoms. The number of carbonyl (C=O) groups excluding carboxylic acids is 2. The van der Waals surface area contributed by atoms with Gasteiger partial charge in [0.1, 0.15) is 13.2 Å². The summed E-state index contributed by atoms with van der Waals surface area (Å²) in [6.45, 7) is 3.67. The minimum atomic E-state index is 0.0281. The summed E-state index contributed by atoms with van der Waals surface area (Å²) in [4.78, 5) is 27.0. The lowest BCUT2D eigenvalue weighted by molar-refractivity contribution is -0.122. The van der Waals surface area contributed by atoms with Crippen LogP contribution in [0.4, 0.5) is 0 Å². The summed E-state index contributed by atoms with van der Waals surface area (Å²) in [5, 5.41) is 3.00. The van der Waals surface area contributed by atoms with Crippen molar-refractivity contribution in [1.82, 2.24) is 10.2 Å². The summed E-state index contributed by atoms with van der Waals surface area (Å²) in [5.74, 6) is 1.86. The molecule has 1 N–H and O–H groups in total. The van der Waals surface area contributed by atoms with E-state index in [0.29, 0.717) is 26.3 Å². The second-order valence-corrected chi connectivity index (χ2v) is 7.86. The van der Waals surface area contributed by atoms with Crippen LogP contribution < -0.4 is 14.8 Å². The number of benzene rings is 2. The maximum atomic E-state index is 12.6. The lowest BCUT2D eigenvalue weighted by atomic mass is 9.89. The van der Waals surface area contributed by atoms with Gasteiger partial charge in [0.05, 0.1) is 6.54 Å². The number of hydrogen-bond acceptors (Lipinski definition) is 5. The Morgan fingerprint density at radius 2 is 1.70 bits per heavy atom. The monoisotopic (exact) mass is 408 g/mol. The zero-order valence-corrected chi connectivity index (χ0v) is 17.1. The molecule has 0 unspecified atom stereocenters. The number of Topliss-reactive ketones (excluding diaryl/α,β-unsaturated/α-hetero) is 1. The zero-order chi connectivity index (χ0) is 20.8. The van der Waals surface area contributed by atoms with Gasteiger partial charge in [0.15, 0.2) is 17.3 Å². The molecule has 4 rings (SSSR count). The van der Waals surface area contributed by atoms with Crippen LogP contribution in [-0.4, -0.2) is 56.0 Å². The van der Waals surface area contributed by atoms with E-state index in [1.54, 1.807) is 0 Å². The van der Waals surface area contributed by atoms with Gasteiger partial charge >= 0.3 is 0 Å². The first-order valence-electron chi connectivity index (χ1n) is 10.7. The fraction of sp³-hybridized carbons (Fsp3) is 0.417. The van der Waals surface area contributed by atoms with Gasteiger partial charge < -0.3 is 14.8 Å². The number of ether oxygens (including phenoxy) is 2. The number of piperidine rings is 1. The molecule has 1 saturated heterocycles. The third kappa shape index (κ3) is 5.19. The van der Waals surface area contributed by atoms with Gasteiger partial charge in [-0.15, -0.1) is 0 Å². The number of nitrogens with zero attached hydrogens (tertiary/aromatic N) is 1. The van der Waals surface area contributed by atoms with Crippen molar-refractivity contribution in [2.75, 3.05) is 39.4 Å². The second kappa shape index (κ2) is 9.76. The third-order valence-electron chi connectivity index (χ3n) is 5.73. The van der Waals surface area contributed by atoms with Gasteiger partial charge in [0, 0.05) is 18.0 Å². The van der Waals surface area contributed by atoms with Crippen molar-refractivity contribution in [3.05, 3.63) is 59.7 Å². The van der Waals surface area contributed by atoms with Crippen molar-refractivity contribution in [2.45, 2.75) is 19.3 Å². The third-order valence-corrected chi connectivity index (χ3v) is 5.73. The van der Waals surface area contributed by atoms with Crippen LogP contribution in [0.5, 0.6) is 11.5 Å². The summed E-state index contributed by atoms with van der Waals surface area (Å²) in [6, 6.07) is 15.4. The van der Waals surface area contributed by atoms with Crippen molar-refractivity contribution in [3.8, 4) is 11.5 Å². The number of rotatable bonds is 7. The highest BCUT2D eigenvalue weighted by molar-refractivity contribution is 5.97. The van der Waals surface area contributed by atoms with Gasteiger partial charge in [0.2, 0.25) is 5.91 Å². The first-order valence-corrected chi connectivity index (χ1v) is 10.7. The molecular weight excluding hydrogens is 380 g/mol. The number of carbonyl (C=O) groups is 2. The van der Waals surface area contributed by atoms with Crippen LogP contribution >= 0.6 is 0 Å². The fourth-order valence-corrected chi connectivity index (χ4v) is 4.04. The molecule has 2 aliphatic rings. The highest BCUT2D eigenvalue weighted by Crippen LogP contribution is 2.30. The predicted octanol–water partition coefficient (Wildman–Crippen LogP) is 2.71. The Bertz CT molecular complexity index is 876. The fourth-order valence-electron chi connectivity index (χ4n) is 4.04. The topological polar surface area (TPSA) is 67.9 Å². The van der Waals surface area contributed by atoms with Crippen LogP contribution in [0.15, 0.2) is 48.5 Å². The molecule has 0 saturated carbocycles. The van der Waals surface area contributed by atoms with Crippen molar-refractivity contribution in [1.29, 1.82) is 0 Å². The van der Waals surface area contributed by atoms with Crippen LogP contribution in [0.3, 0.4) is 0 Å². The van der Waals surface area contributed by atoms with E-state index in [-0.39, 0.29) is 17.6 Å². The van der Waals surface area contributed by atoms with E-state index in [1.807, 2.05) is 48.5 Å². The average Bonchev–Trinajstić information content (AvgIpc) is 2.79. The molecule has 0 aromatic heterocycles. The van der Waals surface area contributed by atoms with Crippen molar-refractivity contribution in [3.63, 3.8) is 0 Å². The molecule has 6 heteroatoms. The summed E-state index contributed by atoms with van der Waals surface area (Å²) in [6.07, 6.45) is 2.35. The van der Waals surface area contributed by atoms with E-state index < -0.39 is 0 Å². The van der Waals surface area contributed by atoms with E-state index in [1.165, 1.54) is 0 Å². The molecule has 158 valence electrons. The number of fused-ring (bicyclic) bond motifs is 1. The summed E-state index contributed by atoms with van der Waals surface area (Å²) in [7, 11) is 0. The maximum Gasteiger partial charge on any atom is 0.234 e. The van der Waals surface area contributed by atoms with E-state index in [4.69, 9.17) is 9.47 Å².